The standard InChI is InChI=1S/C7H13N/c1-6-5-7(8-6)3-2-4-7/h6,8H,2-5H2,1H3/t6-/m0/s1. The lowest BCUT2D eigenvalue weighted by Gasteiger charge is -2.54. The average Bonchev–Trinajstić information content (AvgIpc) is 1.51. The molecule has 1 atom stereocenters. The predicted octanol–water partition coefficient (Wildman–Crippen LogP) is 1.29. The van der Waals surface area contributed by atoms with Crippen LogP contribution in [0.1, 0.15) is 32.6 Å². The summed E-state index contributed by atoms with van der Waals surface area (Å²) in [6, 6.07) is 0.815. The summed E-state index contributed by atoms with van der Waals surface area (Å²) in [5.41, 5.74) is 0.666. The Bertz CT molecular complexity index is 97.0. The molecular weight excluding hydrogens is 98.1 g/mol. The minimum atomic E-state index is 0.666. The Labute approximate surface area is 50.5 Å². The first kappa shape index (κ1) is 4.80. The van der Waals surface area contributed by atoms with Crippen molar-refractivity contribution in [3.8, 4) is 0 Å². The highest BCUT2D eigenvalue weighted by atomic mass is 15.1. The Morgan fingerprint density at radius 1 is 1.50 bits per heavy atom. The van der Waals surface area contributed by atoms with Crippen LogP contribution in [0.2, 0.25) is 0 Å². The summed E-state index contributed by atoms with van der Waals surface area (Å²) < 4.78 is 0. The molecule has 1 N–H and O–H groups in total. The molecule has 0 aromatic rings. The van der Waals surface area contributed by atoms with Crippen molar-refractivity contribution < 1.29 is 0 Å². The van der Waals surface area contributed by atoms with Gasteiger partial charge in [-0.1, -0.05) is 0 Å². The van der Waals surface area contributed by atoms with Crippen molar-refractivity contribution in [3.05, 3.63) is 0 Å². The summed E-state index contributed by atoms with van der Waals surface area (Å²) >= 11 is 0. The van der Waals surface area contributed by atoms with Gasteiger partial charge in [-0.3, -0.25) is 0 Å². The maximum atomic E-state index is 3.56. The first-order valence-corrected chi connectivity index (χ1v) is 3.58. The zero-order chi connectivity index (χ0) is 5.61. The molecule has 1 spiro atoms. The highest BCUT2D eigenvalue weighted by molar-refractivity contribution is 5.06. The van der Waals surface area contributed by atoms with Crippen molar-refractivity contribution in [2.24, 2.45) is 0 Å². The van der Waals surface area contributed by atoms with E-state index in [0.29, 0.717) is 5.54 Å². The van der Waals surface area contributed by atoms with Crippen molar-refractivity contribution >= 4 is 0 Å². The van der Waals surface area contributed by atoms with Gasteiger partial charge in [0.2, 0.25) is 0 Å². The van der Waals surface area contributed by atoms with Crippen LogP contribution in [-0.4, -0.2) is 11.6 Å². The second-order valence-corrected chi connectivity index (χ2v) is 3.38. The van der Waals surface area contributed by atoms with Crippen molar-refractivity contribution in [1.82, 2.24) is 5.32 Å². The molecule has 2 fully saturated rings. The zero-order valence-electron chi connectivity index (χ0n) is 5.41. The Hall–Kier alpha value is -0.0400. The summed E-state index contributed by atoms with van der Waals surface area (Å²) in [6.45, 7) is 2.27. The van der Waals surface area contributed by atoms with E-state index >= 15 is 0 Å². The van der Waals surface area contributed by atoms with Crippen molar-refractivity contribution in [2.75, 3.05) is 0 Å². The molecule has 0 radical (unpaired) electrons. The molecule has 0 amide bonds. The van der Waals surface area contributed by atoms with Crippen LogP contribution in [0.4, 0.5) is 0 Å². The molecule has 46 valence electrons. The maximum Gasteiger partial charge on any atom is 0.0198 e. The Balaban J connectivity index is 1.92. The molecule has 1 saturated heterocycles. The molecular formula is C7H13N. The number of hydrogen-bond acceptors (Lipinski definition) is 1. The molecule has 0 unspecified atom stereocenters. The summed E-state index contributed by atoms with van der Waals surface area (Å²) in [7, 11) is 0. The van der Waals surface area contributed by atoms with Crippen LogP contribution in [0.3, 0.4) is 0 Å². The Morgan fingerprint density at radius 3 is 2.25 bits per heavy atom. The van der Waals surface area contributed by atoms with E-state index in [1.807, 2.05) is 0 Å². The van der Waals surface area contributed by atoms with Crippen molar-refractivity contribution in [1.29, 1.82) is 0 Å². The zero-order valence-corrected chi connectivity index (χ0v) is 5.41. The van der Waals surface area contributed by atoms with Gasteiger partial charge in [-0.05, 0) is 32.6 Å². The van der Waals surface area contributed by atoms with Crippen LogP contribution < -0.4 is 5.32 Å². The lowest BCUT2D eigenvalue weighted by molar-refractivity contribution is 0.0595. The molecule has 2 aliphatic rings. The molecule has 1 aliphatic heterocycles. The second kappa shape index (κ2) is 1.27. The largest absolute Gasteiger partial charge is 0.309 e. The molecule has 1 saturated carbocycles. The summed E-state index contributed by atoms with van der Waals surface area (Å²) in [6.07, 6.45) is 5.78. The van der Waals surface area contributed by atoms with Gasteiger partial charge in [0.1, 0.15) is 0 Å². The quantitative estimate of drug-likeness (QED) is 0.496. The van der Waals surface area contributed by atoms with Gasteiger partial charge in [-0.15, -0.1) is 0 Å². The first-order valence-electron chi connectivity index (χ1n) is 3.58. The molecule has 1 aliphatic carbocycles. The van der Waals surface area contributed by atoms with Crippen LogP contribution in [-0.2, 0) is 0 Å². The summed E-state index contributed by atoms with van der Waals surface area (Å²) in [5, 5.41) is 3.56. The highest BCUT2D eigenvalue weighted by Gasteiger charge is 2.45. The van der Waals surface area contributed by atoms with Gasteiger partial charge >= 0.3 is 0 Å². The predicted molar refractivity (Wildman–Crippen MR) is 33.8 cm³/mol. The average molecular weight is 111 g/mol. The van der Waals surface area contributed by atoms with E-state index in [-0.39, 0.29) is 0 Å². The van der Waals surface area contributed by atoms with Gasteiger partial charge in [-0.25, -0.2) is 0 Å². The molecule has 8 heavy (non-hydrogen) atoms. The highest BCUT2D eigenvalue weighted by Crippen LogP contribution is 2.41. The Kier molecular flexibility index (Phi) is 0.762. The van der Waals surface area contributed by atoms with E-state index in [1.165, 1.54) is 25.7 Å². The molecule has 0 bridgehead atoms. The molecule has 0 aromatic carbocycles. The SMILES string of the molecule is C[C@H]1CC2(CCC2)N1. The maximum absolute atomic E-state index is 3.56. The van der Waals surface area contributed by atoms with Gasteiger partial charge < -0.3 is 5.32 Å². The fraction of sp³-hybridized carbons (Fsp3) is 1.00. The van der Waals surface area contributed by atoms with E-state index < -0.39 is 0 Å². The fourth-order valence-electron chi connectivity index (χ4n) is 2.04. The number of rotatable bonds is 0. The minimum absolute atomic E-state index is 0.666. The van der Waals surface area contributed by atoms with E-state index in [9.17, 15) is 0 Å². The second-order valence-electron chi connectivity index (χ2n) is 3.38. The van der Waals surface area contributed by atoms with Gasteiger partial charge in [0, 0.05) is 11.6 Å². The van der Waals surface area contributed by atoms with E-state index in [4.69, 9.17) is 0 Å². The number of hydrogen-bond donors (Lipinski definition) is 1. The normalized spacial score (nSPS) is 40.9. The van der Waals surface area contributed by atoms with Crippen molar-refractivity contribution in [3.63, 3.8) is 0 Å². The smallest absolute Gasteiger partial charge is 0.0198 e. The molecule has 1 heterocycles. The van der Waals surface area contributed by atoms with Crippen LogP contribution in [0.15, 0.2) is 0 Å². The lowest BCUT2D eigenvalue weighted by Crippen LogP contribution is -2.65. The van der Waals surface area contributed by atoms with E-state index in [1.54, 1.807) is 0 Å². The third kappa shape index (κ3) is 0.455. The van der Waals surface area contributed by atoms with Gasteiger partial charge in [0.25, 0.3) is 0 Å². The van der Waals surface area contributed by atoms with E-state index in [2.05, 4.69) is 12.2 Å². The molecule has 0 aromatic heterocycles. The molecule has 2 rings (SSSR count). The topological polar surface area (TPSA) is 12.0 Å². The third-order valence-corrected chi connectivity index (χ3v) is 2.56. The van der Waals surface area contributed by atoms with Gasteiger partial charge in [-0.2, -0.15) is 0 Å². The molecule has 1 nitrogen and oxygen atoms in total. The van der Waals surface area contributed by atoms with E-state index in [0.717, 1.165) is 6.04 Å². The van der Waals surface area contributed by atoms with Crippen LogP contribution in [0, 0.1) is 0 Å². The first-order chi connectivity index (χ1) is 3.81. The van der Waals surface area contributed by atoms with Crippen molar-refractivity contribution in [2.45, 2.75) is 44.2 Å². The lowest BCUT2D eigenvalue weighted by atomic mass is 9.67. The Morgan fingerprint density at radius 2 is 2.12 bits per heavy atom. The molecule has 1 heteroatoms. The van der Waals surface area contributed by atoms with Gasteiger partial charge in [0.05, 0.1) is 0 Å². The third-order valence-electron chi connectivity index (χ3n) is 2.56. The summed E-state index contributed by atoms with van der Waals surface area (Å²) in [4.78, 5) is 0. The fourth-order valence-corrected chi connectivity index (χ4v) is 2.04. The van der Waals surface area contributed by atoms with Crippen LogP contribution >= 0.6 is 0 Å². The summed E-state index contributed by atoms with van der Waals surface area (Å²) in [5.74, 6) is 0. The number of nitrogens with one attached hydrogen (secondary N) is 1. The monoisotopic (exact) mass is 111 g/mol. The van der Waals surface area contributed by atoms with Gasteiger partial charge in [0.15, 0.2) is 0 Å². The van der Waals surface area contributed by atoms with Crippen LogP contribution in [0.5, 0.6) is 0 Å². The minimum Gasteiger partial charge on any atom is -0.309 e. The van der Waals surface area contributed by atoms with Crippen LogP contribution in [0.25, 0.3) is 0 Å².